The van der Waals surface area contributed by atoms with Crippen LogP contribution in [0.25, 0.3) is 10.2 Å². The fraction of sp³-hybridized carbons (Fsp3) is 0.211. The van der Waals surface area contributed by atoms with Gasteiger partial charge in [-0.25, -0.2) is 9.78 Å². The summed E-state index contributed by atoms with van der Waals surface area (Å²) in [5, 5.41) is 9.48. The first-order valence-corrected chi connectivity index (χ1v) is 9.61. The van der Waals surface area contributed by atoms with E-state index in [9.17, 15) is 9.59 Å². The highest BCUT2D eigenvalue weighted by atomic mass is 35.5. The number of fused-ring (bicyclic) bond motifs is 1. The highest BCUT2D eigenvalue weighted by Gasteiger charge is 2.10. The number of amides is 3. The van der Waals surface area contributed by atoms with Crippen LogP contribution in [0.1, 0.15) is 29.8 Å². The lowest BCUT2D eigenvalue weighted by atomic mass is 10.1. The zero-order chi connectivity index (χ0) is 19.4. The molecule has 3 aromatic rings. The number of hydrogen-bond donors (Lipinski definition) is 3. The van der Waals surface area contributed by atoms with Crippen LogP contribution >= 0.6 is 22.9 Å². The second-order valence-electron chi connectivity index (χ2n) is 6.26. The molecule has 3 amide bonds. The highest BCUT2D eigenvalue weighted by molar-refractivity contribution is 7.22. The molecule has 0 atom stereocenters. The largest absolute Gasteiger partial charge is 0.336 e. The van der Waals surface area contributed by atoms with E-state index in [1.54, 1.807) is 18.2 Å². The number of aromatic nitrogens is 1. The number of nitrogens with one attached hydrogen (secondary N) is 3. The maximum Gasteiger partial charge on any atom is 0.315 e. The molecule has 3 N–H and O–H groups in total. The van der Waals surface area contributed by atoms with Crippen LogP contribution in [0.5, 0.6) is 0 Å². The Bertz CT molecular complexity index is 970. The van der Waals surface area contributed by atoms with Crippen molar-refractivity contribution in [3.63, 3.8) is 0 Å². The minimum absolute atomic E-state index is 0.0783. The Morgan fingerprint density at radius 2 is 1.89 bits per heavy atom. The SMILES string of the molecule is CC(C)NC(=O)NCc1ccc(C(=O)Nc2nc3ccc(Cl)cc3s2)cc1. The molecular weight excluding hydrogens is 384 g/mol. The summed E-state index contributed by atoms with van der Waals surface area (Å²) >= 11 is 7.35. The molecule has 0 unspecified atom stereocenters. The Morgan fingerprint density at radius 3 is 2.59 bits per heavy atom. The van der Waals surface area contributed by atoms with Gasteiger partial charge in [-0.3, -0.25) is 10.1 Å². The third-order valence-electron chi connectivity index (χ3n) is 3.66. The lowest BCUT2D eigenvalue weighted by Crippen LogP contribution is -2.39. The van der Waals surface area contributed by atoms with Gasteiger partial charge in [0.1, 0.15) is 0 Å². The number of carbonyl (C=O) groups excluding carboxylic acids is 2. The van der Waals surface area contributed by atoms with E-state index < -0.39 is 0 Å². The van der Waals surface area contributed by atoms with Crippen molar-refractivity contribution in [3.8, 4) is 0 Å². The molecule has 0 saturated heterocycles. The van der Waals surface area contributed by atoms with Gasteiger partial charge < -0.3 is 10.6 Å². The zero-order valence-corrected chi connectivity index (χ0v) is 16.4. The number of carbonyl (C=O) groups is 2. The van der Waals surface area contributed by atoms with E-state index in [1.807, 2.05) is 38.1 Å². The van der Waals surface area contributed by atoms with Gasteiger partial charge in [-0.15, -0.1) is 0 Å². The first-order chi connectivity index (χ1) is 12.9. The fourth-order valence-corrected chi connectivity index (χ4v) is 3.53. The van der Waals surface area contributed by atoms with Crippen molar-refractivity contribution in [1.29, 1.82) is 0 Å². The van der Waals surface area contributed by atoms with Gasteiger partial charge in [0, 0.05) is 23.2 Å². The summed E-state index contributed by atoms with van der Waals surface area (Å²) in [4.78, 5) is 28.4. The molecule has 0 aliphatic rings. The third-order valence-corrected chi connectivity index (χ3v) is 4.83. The van der Waals surface area contributed by atoms with Gasteiger partial charge in [0.15, 0.2) is 5.13 Å². The van der Waals surface area contributed by atoms with Crippen LogP contribution in [0.15, 0.2) is 42.5 Å². The first kappa shape index (κ1) is 19.1. The van der Waals surface area contributed by atoms with E-state index in [0.717, 1.165) is 15.8 Å². The summed E-state index contributed by atoms with van der Waals surface area (Å²) in [6.07, 6.45) is 0. The standard InChI is InChI=1S/C19H19ClN4O2S/c1-11(2)22-18(26)21-10-12-3-5-13(6-4-12)17(25)24-19-23-15-8-7-14(20)9-16(15)27-19/h3-9,11H,10H2,1-2H3,(H2,21,22,26)(H,23,24,25). The van der Waals surface area contributed by atoms with Crippen molar-refractivity contribution in [2.24, 2.45) is 0 Å². The van der Waals surface area contributed by atoms with Crippen molar-refractivity contribution in [1.82, 2.24) is 15.6 Å². The topological polar surface area (TPSA) is 83.1 Å². The molecule has 0 saturated carbocycles. The number of anilines is 1. The van der Waals surface area contributed by atoms with Crippen LogP contribution in [-0.2, 0) is 6.54 Å². The number of nitrogens with zero attached hydrogens (tertiary/aromatic N) is 1. The van der Waals surface area contributed by atoms with E-state index >= 15 is 0 Å². The van der Waals surface area contributed by atoms with E-state index in [2.05, 4.69) is 20.9 Å². The molecule has 3 rings (SSSR count). The minimum atomic E-state index is -0.239. The van der Waals surface area contributed by atoms with Crippen LogP contribution in [0.4, 0.5) is 9.93 Å². The second kappa shape index (κ2) is 8.37. The maximum atomic E-state index is 12.4. The summed E-state index contributed by atoms with van der Waals surface area (Å²) < 4.78 is 0.916. The third kappa shape index (κ3) is 5.18. The van der Waals surface area contributed by atoms with Crippen molar-refractivity contribution in [2.75, 3.05) is 5.32 Å². The van der Waals surface area contributed by atoms with Crippen LogP contribution < -0.4 is 16.0 Å². The molecule has 2 aromatic carbocycles. The Labute approximate surface area is 165 Å². The molecule has 0 aliphatic carbocycles. The molecule has 27 heavy (non-hydrogen) atoms. The van der Waals surface area contributed by atoms with Crippen LogP contribution in [0.2, 0.25) is 5.02 Å². The van der Waals surface area contributed by atoms with Crippen LogP contribution in [-0.4, -0.2) is 23.0 Å². The Morgan fingerprint density at radius 1 is 1.15 bits per heavy atom. The van der Waals surface area contributed by atoms with Gasteiger partial charge in [-0.1, -0.05) is 35.1 Å². The highest BCUT2D eigenvalue weighted by Crippen LogP contribution is 2.28. The number of rotatable bonds is 5. The molecule has 0 radical (unpaired) electrons. The first-order valence-electron chi connectivity index (χ1n) is 8.41. The van der Waals surface area contributed by atoms with Crippen LogP contribution in [0.3, 0.4) is 0 Å². The van der Waals surface area contributed by atoms with Gasteiger partial charge in [0.05, 0.1) is 10.2 Å². The zero-order valence-electron chi connectivity index (χ0n) is 14.9. The predicted octanol–water partition coefficient (Wildman–Crippen LogP) is 4.41. The summed E-state index contributed by atoms with van der Waals surface area (Å²) in [5.74, 6) is -0.239. The second-order valence-corrected chi connectivity index (χ2v) is 7.73. The normalized spacial score (nSPS) is 10.8. The van der Waals surface area contributed by atoms with Gasteiger partial charge in [-0.05, 0) is 49.7 Å². The smallest absolute Gasteiger partial charge is 0.315 e. The number of urea groups is 1. The van der Waals surface area contributed by atoms with Crippen molar-refractivity contribution >= 4 is 50.2 Å². The molecule has 140 valence electrons. The minimum Gasteiger partial charge on any atom is -0.336 e. The van der Waals surface area contributed by atoms with Gasteiger partial charge >= 0.3 is 6.03 Å². The lowest BCUT2D eigenvalue weighted by molar-refractivity contribution is 0.102. The fourth-order valence-electron chi connectivity index (χ4n) is 2.39. The summed E-state index contributed by atoms with van der Waals surface area (Å²) in [5.41, 5.74) is 2.21. The van der Waals surface area contributed by atoms with Gasteiger partial charge in [0.2, 0.25) is 0 Å². The number of benzene rings is 2. The van der Waals surface area contributed by atoms with Crippen molar-refractivity contribution in [2.45, 2.75) is 26.4 Å². The molecule has 0 spiro atoms. The molecule has 8 heteroatoms. The number of thiazole rings is 1. The molecule has 0 fully saturated rings. The summed E-state index contributed by atoms with van der Waals surface area (Å²) in [6.45, 7) is 4.18. The Balaban J connectivity index is 1.60. The number of halogens is 1. The molecule has 1 heterocycles. The molecule has 0 aliphatic heterocycles. The summed E-state index contributed by atoms with van der Waals surface area (Å²) in [6, 6.07) is 12.3. The Hall–Kier alpha value is -2.64. The molecule has 6 nitrogen and oxygen atoms in total. The monoisotopic (exact) mass is 402 g/mol. The van der Waals surface area contributed by atoms with E-state index in [0.29, 0.717) is 22.3 Å². The molecule has 0 bridgehead atoms. The van der Waals surface area contributed by atoms with Crippen molar-refractivity contribution in [3.05, 3.63) is 58.6 Å². The van der Waals surface area contributed by atoms with E-state index in [1.165, 1.54) is 11.3 Å². The van der Waals surface area contributed by atoms with Crippen LogP contribution in [0, 0.1) is 0 Å². The van der Waals surface area contributed by atoms with E-state index in [4.69, 9.17) is 11.6 Å². The predicted molar refractivity (Wildman–Crippen MR) is 110 cm³/mol. The molecule has 1 aromatic heterocycles. The quantitative estimate of drug-likeness (QED) is 0.591. The maximum absolute atomic E-state index is 12.4. The summed E-state index contributed by atoms with van der Waals surface area (Å²) in [7, 11) is 0. The van der Waals surface area contributed by atoms with Gasteiger partial charge in [0.25, 0.3) is 5.91 Å². The molecular formula is C19H19ClN4O2S. The average molecular weight is 403 g/mol. The number of hydrogen-bond acceptors (Lipinski definition) is 4. The van der Waals surface area contributed by atoms with E-state index in [-0.39, 0.29) is 18.0 Å². The lowest BCUT2D eigenvalue weighted by Gasteiger charge is -2.10. The average Bonchev–Trinajstić information content (AvgIpc) is 3.01. The Kier molecular flexibility index (Phi) is 5.93. The van der Waals surface area contributed by atoms with Gasteiger partial charge in [-0.2, -0.15) is 0 Å². The van der Waals surface area contributed by atoms with Crippen molar-refractivity contribution < 1.29 is 9.59 Å².